The molecule has 0 aromatic rings. The van der Waals surface area contributed by atoms with Gasteiger partial charge in [-0.15, -0.1) is 0 Å². The Hall–Kier alpha value is -0.750. The largest absolute Gasteiger partial charge is 0.395 e. The minimum absolute atomic E-state index is 0.0264. The van der Waals surface area contributed by atoms with E-state index in [1.165, 1.54) is 0 Å². The minimum Gasteiger partial charge on any atom is -0.395 e. The van der Waals surface area contributed by atoms with Crippen molar-refractivity contribution >= 4 is 5.91 Å². The van der Waals surface area contributed by atoms with Crippen molar-refractivity contribution in [1.29, 1.82) is 0 Å². The van der Waals surface area contributed by atoms with E-state index in [0.717, 1.165) is 17.9 Å². The number of hydrogen-bond acceptors (Lipinski definition) is 3. The number of nitrogens with one attached hydrogen (secondary N) is 1. The Balaban J connectivity index is 2.49. The molecule has 1 fully saturated rings. The Morgan fingerprint density at radius 1 is 1.60 bits per heavy atom. The zero-order valence-corrected chi connectivity index (χ0v) is 8.46. The minimum atomic E-state index is -2.55. The third kappa shape index (κ3) is 3.71. The first-order valence-electron chi connectivity index (χ1n) is 5.06. The standard InChI is InChI=1S/C9H16F2N2O2/c10-8(11)6-13(4-5-14)9(15)7-2-1-3-12-7/h7-8,12,14H,1-6H2. The molecule has 1 aliphatic rings. The van der Waals surface area contributed by atoms with Gasteiger partial charge in [0.2, 0.25) is 5.91 Å². The molecule has 0 aromatic carbocycles. The highest BCUT2D eigenvalue weighted by Crippen LogP contribution is 2.09. The lowest BCUT2D eigenvalue weighted by atomic mass is 10.2. The molecule has 0 aromatic heterocycles. The van der Waals surface area contributed by atoms with Gasteiger partial charge in [-0.1, -0.05) is 0 Å². The number of alkyl halides is 2. The molecule has 0 radical (unpaired) electrons. The van der Waals surface area contributed by atoms with Crippen LogP contribution in [-0.2, 0) is 4.79 Å². The van der Waals surface area contributed by atoms with Crippen molar-refractivity contribution in [3.8, 4) is 0 Å². The molecule has 0 bridgehead atoms. The maximum atomic E-state index is 12.2. The molecule has 6 heteroatoms. The van der Waals surface area contributed by atoms with Crippen molar-refractivity contribution in [2.45, 2.75) is 25.3 Å². The molecule has 1 aliphatic heterocycles. The molecular weight excluding hydrogens is 206 g/mol. The van der Waals surface area contributed by atoms with Crippen LogP contribution in [0.25, 0.3) is 0 Å². The van der Waals surface area contributed by atoms with Gasteiger partial charge in [-0.2, -0.15) is 0 Å². The molecule has 1 heterocycles. The van der Waals surface area contributed by atoms with Crippen LogP contribution in [0.2, 0.25) is 0 Å². The molecule has 1 saturated heterocycles. The lowest BCUT2D eigenvalue weighted by Gasteiger charge is -2.24. The van der Waals surface area contributed by atoms with Crippen molar-refractivity contribution in [3.63, 3.8) is 0 Å². The molecule has 1 unspecified atom stereocenters. The molecule has 0 spiro atoms. The summed E-state index contributed by atoms with van der Waals surface area (Å²) < 4.78 is 24.3. The fourth-order valence-electron chi connectivity index (χ4n) is 1.69. The highest BCUT2D eigenvalue weighted by Gasteiger charge is 2.27. The number of aliphatic hydroxyl groups is 1. The molecule has 0 aliphatic carbocycles. The topological polar surface area (TPSA) is 52.6 Å². The van der Waals surface area contributed by atoms with Crippen molar-refractivity contribution in [1.82, 2.24) is 10.2 Å². The van der Waals surface area contributed by atoms with Crippen LogP contribution in [0.1, 0.15) is 12.8 Å². The number of carbonyl (C=O) groups is 1. The number of aliphatic hydroxyl groups excluding tert-OH is 1. The first-order chi connectivity index (χ1) is 7.15. The molecular formula is C9H16F2N2O2. The summed E-state index contributed by atoms with van der Waals surface area (Å²) in [5.41, 5.74) is 0. The van der Waals surface area contributed by atoms with E-state index in [4.69, 9.17) is 5.11 Å². The number of amides is 1. The van der Waals surface area contributed by atoms with Crippen LogP contribution < -0.4 is 5.32 Å². The van der Waals surface area contributed by atoms with Crippen molar-refractivity contribution < 1.29 is 18.7 Å². The van der Waals surface area contributed by atoms with E-state index < -0.39 is 13.0 Å². The van der Waals surface area contributed by atoms with E-state index in [2.05, 4.69) is 5.32 Å². The van der Waals surface area contributed by atoms with Gasteiger partial charge < -0.3 is 15.3 Å². The van der Waals surface area contributed by atoms with Gasteiger partial charge in [0.25, 0.3) is 6.43 Å². The summed E-state index contributed by atoms with van der Waals surface area (Å²) in [6.07, 6.45) is -0.982. The summed E-state index contributed by atoms with van der Waals surface area (Å²) in [7, 11) is 0. The first-order valence-corrected chi connectivity index (χ1v) is 5.06. The summed E-state index contributed by atoms with van der Waals surface area (Å²) in [6, 6.07) is -0.352. The Kier molecular flexibility index (Phi) is 4.90. The second-order valence-electron chi connectivity index (χ2n) is 3.55. The third-order valence-corrected chi connectivity index (χ3v) is 2.40. The van der Waals surface area contributed by atoms with Crippen LogP contribution in [0.5, 0.6) is 0 Å². The zero-order chi connectivity index (χ0) is 11.3. The fraction of sp³-hybridized carbons (Fsp3) is 0.889. The third-order valence-electron chi connectivity index (χ3n) is 2.40. The van der Waals surface area contributed by atoms with Crippen LogP contribution >= 0.6 is 0 Å². The smallest absolute Gasteiger partial charge is 0.255 e. The number of nitrogens with zero attached hydrogens (tertiary/aromatic N) is 1. The predicted molar refractivity (Wildman–Crippen MR) is 50.7 cm³/mol. The van der Waals surface area contributed by atoms with E-state index in [0.29, 0.717) is 6.42 Å². The lowest BCUT2D eigenvalue weighted by molar-refractivity contribution is -0.135. The van der Waals surface area contributed by atoms with Gasteiger partial charge in [-0.05, 0) is 19.4 Å². The SMILES string of the molecule is O=C(C1CCCN1)N(CCO)CC(F)F. The molecule has 15 heavy (non-hydrogen) atoms. The van der Waals surface area contributed by atoms with Crippen molar-refractivity contribution in [3.05, 3.63) is 0 Å². The van der Waals surface area contributed by atoms with E-state index in [9.17, 15) is 13.6 Å². The zero-order valence-electron chi connectivity index (χ0n) is 8.46. The Bertz CT molecular complexity index is 208. The fourth-order valence-corrected chi connectivity index (χ4v) is 1.69. The van der Waals surface area contributed by atoms with Crippen LogP contribution in [0.15, 0.2) is 0 Å². The second kappa shape index (κ2) is 5.97. The summed E-state index contributed by atoms with van der Waals surface area (Å²) in [5.74, 6) is -0.332. The number of hydrogen-bond donors (Lipinski definition) is 2. The monoisotopic (exact) mass is 222 g/mol. The van der Waals surface area contributed by atoms with Crippen LogP contribution in [-0.4, -0.2) is 54.6 Å². The van der Waals surface area contributed by atoms with Gasteiger partial charge in [0, 0.05) is 6.54 Å². The van der Waals surface area contributed by atoms with Crippen LogP contribution in [0.3, 0.4) is 0 Å². The molecule has 1 amide bonds. The Labute approximate surface area is 87.2 Å². The van der Waals surface area contributed by atoms with Crippen LogP contribution in [0, 0.1) is 0 Å². The highest BCUT2D eigenvalue weighted by molar-refractivity contribution is 5.82. The molecule has 1 atom stereocenters. The van der Waals surface area contributed by atoms with Gasteiger partial charge in [0.1, 0.15) is 0 Å². The Morgan fingerprint density at radius 3 is 2.80 bits per heavy atom. The maximum absolute atomic E-state index is 12.2. The summed E-state index contributed by atoms with van der Waals surface area (Å²) >= 11 is 0. The Morgan fingerprint density at radius 2 is 2.33 bits per heavy atom. The average Bonchev–Trinajstić information content (AvgIpc) is 2.68. The first kappa shape index (κ1) is 12.3. The van der Waals surface area contributed by atoms with Crippen LogP contribution in [0.4, 0.5) is 8.78 Å². The number of carbonyl (C=O) groups excluding carboxylic acids is 1. The number of rotatable bonds is 5. The van der Waals surface area contributed by atoms with Gasteiger partial charge in [-0.25, -0.2) is 8.78 Å². The quantitative estimate of drug-likeness (QED) is 0.678. The van der Waals surface area contributed by atoms with E-state index in [1.807, 2.05) is 0 Å². The summed E-state index contributed by atoms with van der Waals surface area (Å²) in [6.45, 7) is -0.165. The molecule has 88 valence electrons. The van der Waals surface area contributed by atoms with Gasteiger partial charge in [0.05, 0.1) is 19.2 Å². The van der Waals surface area contributed by atoms with E-state index in [-0.39, 0.29) is 25.1 Å². The number of halogens is 2. The second-order valence-corrected chi connectivity index (χ2v) is 3.55. The van der Waals surface area contributed by atoms with E-state index in [1.54, 1.807) is 0 Å². The maximum Gasteiger partial charge on any atom is 0.255 e. The van der Waals surface area contributed by atoms with Crippen molar-refractivity contribution in [2.24, 2.45) is 0 Å². The molecule has 4 nitrogen and oxygen atoms in total. The average molecular weight is 222 g/mol. The summed E-state index contributed by atoms with van der Waals surface area (Å²) in [4.78, 5) is 12.7. The van der Waals surface area contributed by atoms with Gasteiger partial charge >= 0.3 is 0 Å². The van der Waals surface area contributed by atoms with E-state index >= 15 is 0 Å². The van der Waals surface area contributed by atoms with Gasteiger partial charge in [0.15, 0.2) is 0 Å². The van der Waals surface area contributed by atoms with Crippen molar-refractivity contribution in [2.75, 3.05) is 26.2 Å². The molecule has 0 saturated carbocycles. The molecule has 1 rings (SSSR count). The summed E-state index contributed by atoms with van der Waals surface area (Å²) in [5, 5.41) is 11.6. The molecule has 2 N–H and O–H groups in total. The lowest BCUT2D eigenvalue weighted by Crippen LogP contribution is -2.46. The highest BCUT2D eigenvalue weighted by atomic mass is 19.3. The predicted octanol–water partition coefficient (Wildman–Crippen LogP) is -0.176. The van der Waals surface area contributed by atoms with Gasteiger partial charge in [-0.3, -0.25) is 4.79 Å². The normalized spacial score (nSPS) is 20.9.